The van der Waals surface area contributed by atoms with Crippen LogP contribution in [-0.4, -0.2) is 56.3 Å². The molecule has 2 rings (SSSR count). The lowest BCUT2D eigenvalue weighted by atomic mass is 10.3. The molecule has 0 radical (unpaired) electrons. The second kappa shape index (κ2) is 6.21. The summed E-state index contributed by atoms with van der Waals surface area (Å²) in [5, 5.41) is 3.24. The van der Waals surface area contributed by atoms with Crippen LogP contribution in [0.5, 0.6) is 0 Å². The number of nitrogens with zero attached hydrogens (tertiary/aromatic N) is 2. The highest BCUT2D eigenvalue weighted by Gasteiger charge is 2.32. The van der Waals surface area contributed by atoms with Crippen LogP contribution in [0, 0.1) is 5.92 Å². The van der Waals surface area contributed by atoms with Crippen LogP contribution < -0.4 is 11.1 Å². The summed E-state index contributed by atoms with van der Waals surface area (Å²) in [6.07, 6.45) is 2.30. The molecule has 3 N–H and O–H groups in total. The Labute approximate surface area is 103 Å². The fourth-order valence-corrected chi connectivity index (χ4v) is 2.08. The molecule has 5 nitrogen and oxygen atoms in total. The minimum Gasteiger partial charge on any atom is -0.379 e. The summed E-state index contributed by atoms with van der Waals surface area (Å²) in [5.41, 5.74) is 5.80. The Morgan fingerprint density at radius 2 is 2.18 bits per heavy atom. The molecule has 0 aromatic heterocycles. The van der Waals surface area contributed by atoms with E-state index in [0.29, 0.717) is 12.0 Å². The van der Waals surface area contributed by atoms with Gasteiger partial charge in [0.15, 0.2) is 5.96 Å². The molecule has 17 heavy (non-hydrogen) atoms. The first kappa shape index (κ1) is 12.6. The minimum absolute atomic E-state index is 0.568. The Kier molecular flexibility index (Phi) is 4.62. The SMILES string of the molecule is CC1CC1NC(N)=NCCCN1CCOCC1. The molecule has 0 amide bonds. The zero-order chi connectivity index (χ0) is 12.1. The van der Waals surface area contributed by atoms with E-state index in [2.05, 4.69) is 22.1 Å². The Morgan fingerprint density at radius 3 is 2.82 bits per heavy atom. The summed E-state index contributed by atoms with van der Waals surface area (Å²) in [5.74, 6) is 1.37. The molecule has 0 spiro atoms. The molecule has 98 valence electrons. The maximum absolute atomic E-state index is 5.80. The average Bonchev–Trinajstić information content (AvgIpc) is 3.02. The third kappa shape index (κ3) is 4.52. The standard InChI is InChI=1S/C12H24N4O/c1-10-9-11(10)15-12(13)14-3-2-4-16-5-7-17-8-6-16/h10-11H,2-9H2,1H3,(H3,13,14,15). The monoisotopic (exact) mass is 240 g/mol. The van der Waals surface area contributed by atoms with Crippen LogP contribution in [0.3, 0.4) is 0 Å². The van der Waals surface area contributed by atoms with Crippen molar-refractivity contribution >= 4 is 5.96 Å². The van der Waals surface area contributed by atoms with Crippen molar-refractivity contribution in [2.75, 3.05) is 39.4 Å². The van der Waals surface area contributed by atoms with Crippen LogP contribution in [0.2, 0.25) is 0 Å². The molecule has 5 heteroatoms. The topological polar surface area (TPSA) is 62.9 Å². The fraction of sp³-hybridized carbons (Fsp3) is 0.917. The van der Waals surface area contributed by atoms with Crippen molar-refractivity contribution in [1.82, 2.24) is 10.2 Å². The quantitative estimate of drug-likeness (QED) is 0.404. The molecule has 1 saturated heterocycles. The van der Waals surface area contributed by atoms with E-state index in [1.165, 1.54) is 6.42 Å². The summed E-state index contributed by atoms with van der Waals surface area (Å²) in [7, 11) is 0. The van der Waals surface area contributed by atoms with Crippen molar-refractivity contribution in [3.05, 3.63) is 0 Å². The molecule has 0 bridgehead atoms. The molecule has 2 atom stereocenters. The summed E-state index contributed by atoms with van der Waals surface area (Å²) >= 11 is 0. The summed E-state index contributed by atoms with van der Waals surface area (Å²) in [6, 6.07) is 0.568. The van der Waals surface area contributed by atoms with Gasteiger partial charge in [-0.15, -0.1) is 0 Å². The highest BCUT2D eigenvalue weighted by molar-refractivity contribution is 5.78. The number of nitrogens with two attached hydrogens (primary N) is 1. The van der Waals surface area contributed by atoms with Gasteiger partial charge in [0.05, 0.1) is 13.2 Å². The first-order chi connectivity index (χ1) is 8.25. The van der Waals surface area contributed by atoms with Crippen molar-refractivity contribution in [3.63, 3.8) is 0 Å². The van der Waals surface area contributed by atoms with Crippen LogP contribution in [0.15, 0.2) is 4.99 Å². The molecule has 2 fully saturated rings. The molecular formula is C12H24N4O. The van der Waals surface area contributed by atoms with Crippen LogP contribution in [0.1, 0.15) is 19.8 Å². The van der Waals surface area contributed by atoms with Gasteiger partial charge < -0.3 is 15.8 Å². The third-order valence-electron chi connectivity index (χ3n) is 3.46. The van der Waals surface area contributed by atoms with Crippen LogP contribution in [-0.2, 0) is 4.74 Å². The van der Waals surface area contributed by atoms with Crippen molar-refractivity contribution in [3.8, 4) is 0 Å². The van der Waals surface area contributed by atoms with E-state index >= 15 is 0 Å². The smallest absolute Gasteiger partial charge is 0.188 e. The summed E-state index contributed by atoms with van der Waals surface area (Å²) in [6.45, 7) is 7.98. The number of rotatable bonds is 5. The predicted octanol–water partition coefficient (Wildman–Crippen LogP) is 0.0214. The molecule has 2 aliphatic rings. The number of aliphatic imine (C=N–C) groups is 1. The predicted molar refractivity (Wildman–Crippen MR) is 69.1 cm³/mol. The number of ether oxygens (including phenoxy) is 1. The lowest BCUT2D eigenvalue weighted by Crippen LogP contribution is -2.37. The molecule has 0 aromatic carbocycles. The van der Waals surface area contributed by atoms with Gasteiger partial charge >= 0.3 is 0 Å². The fourth-order valence-electron chi connectivity index (χ4n) is 2.08. The van der Waals surface area contributed by atoms with Gasteiger partial charge in [-0.05, 0) is 18.8 Å². The van der Waals surface area contributed by atoms with Gasteiger partial charge in [-0.1, -0.05) is 6.92 Å². The lowest BCUT2D eigenvalue weighted by Gasteiger charge is -2.26. The molecule has 2 unspecified atom stereocenters. The van der Waals surface area contributed by atoms with Crippen LogP contribution in [0.25, 0.3) is 0 Å². The van der Waals surface area contributed by atoms with Gasteiger partial charge in [-0.25, -0.2) is 0 Å². The molecular weight excluding hydrogens is 216 g/mol. The maximum Gasteiger partial charge on any atom is 0.188 e. The van der Waals surface area contributed by atoms with Crippen molar-refractivity contribution < 1.29 is 4.74 Å². The van der Waals surface area contributed by atoms with Crippen LogP contribution >= 0.6 is 0 Å². The van der Waals surface area contributed by atoms with Crippen molar-refractivity contribution in [2.45, 2.75) is 25.8 Å². The van der Waals surface area contributed by atoms with E-state index in [1.807, 2.05) is 0 Å². The Balaban J connectivity index is 1.53. The van der Waals surface area contributed by atoms with Gasteiger partial charge in [0.2, 0.25) is 0 Å². The highest BCUT2D eigenvalue weighted by atomic mass is 16.5. The zero-order valence-corrected chi connectivity index (χ0v) is 10.7. The lowest BCUT2D eigenvalue weighted by molar-refractivity contribution is 0.0377. The van der Waals surface area contributed by atoms with Crippen molar-refractivity contribution in [1.29, 1.82) is 0 Å². The summed E-state index contributed by atoms with van der Waals surface area (Å²) < 4.78 is 5.31. The van der Waals surface area contributed by atoms with E-state index in [1.54, 1.807) is 0 Å². The van der Waals surface area contributed by atoms with Gasteiger partial charge in [0.25, 0.3) is 0 Å². The van der Waals surface area contributed by atoms with Gasteiger partial charge in [0, 0.05) is 32.2 Å². The molecule has 0 aromatic rings. The number of nitrogens with one attached hydrogen (secondary N) is 1. The molecule has 1 saturated carbocycles. The second-order valence-corrected chi connectivity index (χ2v) is 5.04. The van der Waals surface area contributed by atoms with E-state index in [-0.39, 0.29) is 0 Å². The average molecular weight is 240 g/mol. The Hall–Kier alpha value is -0.810. The number of morpholine rings is 1. The number of guanidine groups is 1. The Morgan fingerprint density at radius 1 is 1.47 bits per heavy atom. The van der Waals surface area contributed by atoms with Gasteiger partial charge in [0.1, 0.15) is 0 Å². The molecule has 1 aliphatic heterocycles. The van der Waals surface area contributed by atoms with Gasteiger partial charge in [-0.2, -0.15) is 0 Å². The Bertz CT molecular complexity index is 263. The van der Waals surface area contributed by atoms with E-state index in [0.717, 1.165) is 51.7 Å². The van der Waals surface area contributed by atoms with E-state index in [9.17, 15) is 0 Å². The normalized spacial score (nSPS) is 30.3. The number of hydrogen-bond donors (Lipinski definition) is 2. The second-order valence-electron chi connectivity index (χ2n) is 5.04. The van der Waals surface area contributed by atoms with Crippen molar-refractivity contribution in [2.24, 2.45) is 16.6 Å². The highest BCUT2D eigenvalue weighted by Crippen LogP contribution is 2.28. The summed E-state index contributed by atoms with van der Waals surface area (Å²) in [4.78, 5) is 6.77. The van der Waals surface area contributed by atoms with E-state index in [4.69, 9.17) is 10.5 Å². The third-order valence-corrected chi connectivity index (χ3v) is 3.46. The van der Waals surface area contributed by atoms with Gasteiger partial charge in [-0.3, -0.25) is 9.89 Å². The zero-order valence-electron chi connectivity index (χ0n) is 10.7. The van der Waals surface area contributed by atoms with Crippen LogP contribution in [0.4, 0.5) is 0 Å². The first-order valence-corrected chi connectivity index (χ1v) is 6.62. The maximum atomic E-state index is 5.80. The minimum atomic E-state index is 0.568. The molecule has 1 heterocycles. The number of hydrogen-bond acceptors (Lipinski definition) is 3. The molecule has 1 aliphatic carbocycles. The van der Waals surface area contributed by atoms with E-state index < -0.39 is 0 Å². The largest absolute Gasteiger partial charge is 0.379 e. The first-order valence-electron chi connectivity index (χ1n) is 6.62.